The number of hydrogen-bond donors (Lipinski definition) is 2. The lowest BCUT2D eigenvalue weighted by molar-refractivity contribution is -0.150. The van der Waals surface area contributed by atoms with Gasteiger partial charge in [0, 0.05) is 24.1 Å². The lowest BCUT2D eigenvalue weighted by Crippen LogP contribution is -2.33. The van der Waals surface area contributed by atoms with Gasteiger partial charge in [-0.1, -0.05) is 48.5 Å². The van der Waals surface area contributed by atoms with Crippen molar-refractivity contribution in [2.24, 2.45) is 0 Å². The molecule has 8 heteroatoms. The van der Waals surface area contributed by atoms with Crippen LogP contribution in [0.4, 0.5) is 0 Å². The summed E-state index contributed by atoms with van der Waals surface area (Å²) in [5.74, 6) is -0.474. The fraction of sp³-hybridized carbons (Fsp3) is 0.320. The molecule has 33 heavy (non-hydrogen) atoms. The van der Waals surface area contributed by atoms with Crippen LogP contribution in [-0.4, -0.2) is 39.4 Å². The van der Waals surface area contributed by atoms with Gasteiger partial charge in [0.25, 0.3) is 5.56 Å². The van der Waals surface area contributed by atoms with Crippen LogP contribution in [0, 0.1) is 6.92 Å². The number of carbonyl (C=O) groups excluding carboxylic acids is 1. The van der Waals surface area contributed by atoms with Gasteiger partial charge in [-0.3, -0.25) is 19.1 Å². The number of ether oxygens (including phenoxy) is 2. The van der Waals surface area contributed by atoms with Crippen molar-refractivity contribution in [3.63, 3.8) is 0 Å². The number of esters is 1. The van der Waals surface area contributed by atoms with Gasteiger partial charge >= 0.3 is 11.7 Å². The smallest absolute Gasteiger partial charge is 0.330 e. The minimum Gasteiger partial charge on any atom is -0.463 e. The van der Waals surface area contributed by atoms with Crippen LogP contribution in [0.2, 0.25) is 0 Å². The first-order valence-corrected chi connectivity index (χ1v) is 10.9. The standard InChI is InChI=1S/C25H24N2O6/c1-14-12-27(25(31)26-24(14)30)22-11-20(28)21(33-22)13-32-23(29)10-19-17-8-4-2-6-15(17)16-7-3-5-9-18(16)19/h2-9,12,19-22,28H,10-11,13H2,1H3,(H,26,30,31)/t20-,21+,22+/m0/s1. The quantitative estimate of drug-likeness (QED) is 0.579. The third-order valence-corrected chi connectivity index (χ3v) is 6.40. The van der Waals surface area contributed by atoms with E-state index in [1.165, 1.54) is 10.8 Å². The molecule has 1 fully saturated rings. The van der Waals surface area contributed by atoms with E-state index in [0.29, 0.717) is 5.56 Å². The summed E-state index contributed by atoms with van der Waals surface area (Å²) < 4.78 is 12.5. The molecule has 1 aromatic heterocycles. The highest BCUT2D eigenvalue weighted by Gasteiger charge is 2.37. The highest BCUT2D eigenvalue weighted by molar-refractivity contribution is 5.82. The third kappa shape index (κ3) is 3.92. The Morgan fingerprint density at radius 2 is 1.76 bits per heavy atom. The van der Waals surface area contributed by atoms with Gasteiger partial charge in [0.05, 0.1) is 12.5 Å². The summed E-state index contributed by atoms with van der Waals surface area (Å²) in [4.78, 5) is 38.6. The van der Waals surface area contributed by atoms with Crippen LogP contribution in [0.25, 0.3) is 11.1 Å². The molecule has 0 radical (unpaired) electrons. The van der Waals surface area contributed by atoms with E-state index in [0.717, 1.165) is 22.3 Å². The van der Waals surface area contributed by atoms with Gasteiger partial charge in [0.15, 0.2) is 0 Å². The van der Waals surface area contributed by atoms with E-state index in [9.17, 15) is 19.5 Å². The highest BCUT2D eigenvalue weighted by Crippen LogP contribution is 2.46. The van der Waals surface area contributed by atoms with E-state index in [4.69, 9.17) is 9.47 Å². The molecular formula is C25H24N2O6. The molecule has 0 saturated carbocycles. The molecule has 2 aliphatic rings. The molecule has 2 aromatic carbocycles. The van der Waals surface area contributed by atoms with E-state index < -0.39 is 29.7 Å². The molecule has 8 nitrogen and oxygen atoms in total. The molecule has 3 atom stereocenters. The van der Waals surface area contributed by atoms with E-state index in [2.05, 4.69) is 17.1 Å². The van der Waals surface area contributed by atoms with Crippen molar-refractivity contribution in [2.45, 2.75) is 44.1 Å². The second kappa shape index (κ2) is 8.46. The normalized spacial score (nSPS) is 21.6. The highest BCUT2D eigenvalue weighted by atomic mass is 16.6. The van der Waals surface area contributed by atoms with E-state index >= 15 is 0 Å². The first-order valence-electron chi connectivity index (χ1n) is 10.9. The van der Waals surface area contributed by atoms with Crippen LogP contribution < -0.4 is 11.2 Å². The number of H-pyrrole nitrogens is 1. The van der Waals surface area contributed by atoms with Crippen molar-refractivity contribution in [3.05, 3.63) is 92.3 Å². The number of benzene rings is 2. The SMILES string of the molecule is Cc1cn([C@H]2C[C@H](O)[C@@H](COC(=O)CC3c4ccccc4-c4ccccc43)O2)c(=O)[nH]c1=O. The Morgan fingerprint density at radius 3 is 2.42 bits per heavy atom. The molecule has 3 aromatic rings. The zero-order valence-corrected chi connectivity index (χ0v) is 18.1. The topological polar surface area (TPSA) is 111 Å². The minimum absolute atomic E-state index is 0.0882. The predicted octanol–water partition coefficient (Wildman–Crippen LogP) is 2.24. The molecule has 0 unspecified atom stereocenters. The Balaban J connectivity index is 1.25. The van der Waals surface area contributed by atoms with Gasteiger partial charge < -0.3 is 14.6 Å². The Morgan fingerprint density at radius 1 is 1.12 bits per heavy atom. The summed E-state index contributed by atoms with van der Waals surface area (Å²) in [6, 6.07) is 16.1. The molecule has 170 valence electrons. The van der Waals surface area contributed by atoms with Crippen molar-refractivity contribution >= 4 is 5.97 Å². The number of aromatic nitrogens is 2. The van der Waals surface area contributed by atoms with Crippen LogP contribution in [0.15, 0.2) is 64.3 Å². The number of aromatic amines is 1. The number of aliphatic hydroxyl groups is 1. The summed E-state index contributed by atoms with van der Waals surface area (Å²) in [5.41, 5.74) is 3.74. The number of carbonyl (C=O) groups is 1. The van der Waals surface area contributed by atoms with Gasteiger partial charge in [0.1, 0.15) is 18.9 Å². The average molecular weight is 448 g/mol. The Kier molecular flexibility index (Phi) is 5.47. The number of aryl methyl sites for hydroxylation is 1. The number of fused-ring (bicyclic) bond motifs is 3. The minimum atomic E-state index is -0.908. The number of nitrogens with zero attached hydrogens (tertiary/aromatic N) is 1. The Labute approximate surface area is 189 Å². The molecule has 1 aliphatic carbocycles. The lowest BCUT2D eigenvalue weighted by atomic mass is 9.94. The van der Waals surface area contributed by atoms with Crippen LogP contribution in [0.3, 0.4) is 0 Å². The monoisotopic (exact) mass is 448 g/mol. The van der Waals surface area contributed by atoms with E-state index in [1.807, 2.05) is 36.4 Å². The second-order valence-electron chi connectivity index (χ2n) is 8.53. The third-order valence-electron chi connectivity index (χ3n) is 6.40. The van der Waals surface area contributed by atoms with Crippen molar-refractivity contribution in [2.75, 3.05) is 6.61 Å². The lowest BCUT2D eigenvalue weighted by Gasteiger charge is -2.18. The largest absolute Gasteiger partial charge is 0.463 e. The van der Waals surface area contributed by atoms with Crippen molar-refractivity contribution in [1.82, 2.24) is 9.55 Å². The second-order valence-corrected chi connectivity index (χ2v) is 8.53. The van der Waals surface area contributed by atoms with Gasteiger partial charge in [-0.25, -0.2) is 4.79 Å². The summed E-state index contributed by atoms with van der Waals surface area (Å²) in [7, 11) is 0. The van der Waals surface area contributed by atoms with Gasteiger partial charge in [-0.05, 0) is 29.2 Å². The molecule has 2 heterocycles. The molecule has 0 bridgehead atoms. The van der Waals surface area contributed by atoms with Crippen LogP contribution in [0.5, 0.6) is 0 Å². The van der Waals surface area contributed by atoms with E-state index in [-0.39, 0.29) is 31.3 Å². The first-order chi connectivity index (χ1) is 15.9. The molecule has 1 aliphatic heterocycles. The summed E-state index contributed by atoms with van der Waals surface area (Å²) in [5, 5.41) is 10.4. The van der Waals surface area contributed by atoms with Crippen LogP contribution in [-0.2, 0) is 14.3 Å². The molecular weight excluding hydrogens is 424 g/mol. The predicted molar refractivity (Wildman–Crippen MR) is 120 cm³/mol. The molecule has 5 rings (SSSR count). The van der Waals surface area contributed by atoms with Gasteiger partial charge in [-0.2, -0.15) is 0 Å². The van der Waals surface area contributed by atoms with Crippen molar-refractivity contribution < 1.29 is 19.4 Å². The van der Waals surface area contributed by atoms with Crippen molar-refractivity contribution in [3.8, 4) is 11.1 Å². The summed E-state index contributed by atoms with van der Waals surface area (Å²) in [6.07, 6.45) is -0.686. The fourth-order valence-electron chi connectivity index (χ4n) is 4.72. The van der Waals surface area contributed by atoms with Crippen LogP contribution >= 0.6 is 0 Å². The Hall–Kier alpha value is -3.49. The van der Waals surface area contributed by atoms with Gasteiger partial charge in [0.2, 0.25) is 0 Å². The van der Waals surface area contributed by atoms with Crippen LogP contribution in [0.1, 0.15) is 41.7 Å². The molecule has 0 amide bonds. The summed E-state index contributed by atoms with van der Waals surface area (Å²) >= 11 is 0. The average Bonchev–Trinajstić information content (AvgIpc) is 3.33. The number of rotatable bonds is 5. The molecule has 1 saturated heterocycles. The van der Waals surface area contributed by atoms with Crippen molar-refractivity contribution in [1.29, 1.82) is 0 Å². The first kappa shape index (κ1) is 21.4. The maximum atomic E-state index is 12.7. The molecule has 0 spiro atoms. The molecule has 2 N–H and O–H groups in total. The summed E-state index contributed by atoms with van der Waals surface area (Å²) in [6.45, 7) is 1.46. The maximum absolute atomic E-state index is 12.7. The van der Waals surface area contributed by atoms with E-state index in [1.54, 1.807) is 6.92 Å². The fourth-order valence-corrected chi connectivity index (χ4v) is 4.72. The maximum Gasteiger partial charge on any atom is 0.330 e. The zero-order chi connectivity index (χ0) is 23.1. The number of aliphatic hydroxyl groups excluding tert-OH is 1. The van der Waals surface area contributed by atoms with Gasteiger partial charge in [-0.15, -0.1) is 0 Å². The number of hydrogen-bond acceptors (Lipinski definition) is 6. The number of nitrogens with one attached hydrogen (secondary N) is 1. The Bertz CT molecular complexity index is 1280. The zero-order valence-electron chi connectivity index (χ0n) is 18.1.